The topological polar surface area (TPSA) is 75.7 Å². The number of rotatable bonds is 5. The van der Waals surface area contributed by atoms with Crippen molar-refractivity contribution in [3.05, 3.63) is 98.4 Å². The zero-order valence-electron chi connectivity index (χ0n) is 17.5. The summed E-state index contributed by atoms with van der Waals surface area (Å²) in [5.74, 6) is -1.26. The number of halogens is 2. The molecule has 0 aromatic heterocycles. The number of urea groups is 1. The van der Waals surface area contributed by atoms with Gasteiger partial charge in [0.25, 0.3) is 11.8 Å². The first-order valence-corrected chi connectivity index (χ1v) is 11.0. The first-order chi connectivity index (χ1) is 15.9. The number of hydrogen-bond donors (Lipinski definition) is 1. The zero-order valence-corrected chi connectivity index (χ0v) is 19.6. The normalized spacial score (nSPS) is 15.1. The number of hydrogen-bond acceptors (Lipinski definition) is 4. The van der Waals surface area contributed by atoms with Gasteiger partial charge in [-0.15, -0.1) is 0 Å². The van der Waals surface area contributed by atoms with Crippen molar-refractivity contribution in [1.82, 2.24) is 5.32 Å². The highest BCUT2D eigenvalue weighted by Gasteiger charge is 2.36. The standard InChI is InChI=1S/C25H18FIN2O4/c1-33-22-14-16(13-21(27)19(22)11-15-6-5-7-17(26)10-15)12-20-23(30)28-25(32)29(24(20)31)18-8-3-2-4-9-18/h2-10,12-14H,11H2,1H3,(H,28,30,32)/b20-12+. The van der Waals surface area contributed by atoms with E-state index in [0.717, 1.165) is 19.6 Å². The number of carbonyl (C=O) groups excluding carboxylic acids is 3. The van der Waals surface area contributed by atoms with Gasteiger partial charge in [0.05, 0.1) is 12.8 Å². The third-order valence-corrected chi connectivity index (χ3v) is 6.06. The Kier molecular flexibility index (Phi) is 6.55. The predicted molar refractivity (Wildman–Crippen MR) is 130 cm³/mol. The third kappa shape index (κ3) is 4.80. The van der Waals surface area contributed by atoms with Gasteiger partial charge < -0.3 is 4.74 Å². The SMILES string of the molecule is COc1cc(/C=C2\C(=O)NC(=O)N(c3ccccc3)C2=O)cc(I)c1Cc1cccc(F)c1. The average Bonchev–Trinajstić information content (AvgIpc) is 2.79. The van der Waals surface area contributed by atoms with Gasteiger partial charge in [-0.2, -0.15) is 0 Å². The number of ether oxygens (including phenoxy) is 1. The number of imide groups is 2. The number of nitrogens with zero attached hydrogens (tertiary/aromatic N) is 1. The summed E-state index contributed by atoms with van der Waals surface area (Å²) < 4.78 is 20.0. The van der Waals surface area contributed by atoms with Crippen LogP contribution in [0.5, 0.6) is 5.75 Å². The second-order valence-corrected chi connectivity index (χ2v) is 8.45. The minimum Gasteiger partial charge on any atom is -0.496 e. The smallest absolute Gasteiger partial charge is 0.335 e. The molecule has 166 valence electrons. The minimum absolute atomic E-state index is 0.172. The van der Waals surface area contributed by atoms with Crippen molar-refractivity contribution in [2.75, 3.05) is 12.0 Å². The van der Waals surface area contributed by atoms with E-state index in [0.29, 0.717) is 23.4 Å². The fraction of sp³-hybridized carbons (Fsp3) is 0.0800. The molecule has 0 atom stereocenters. The lowest BCUT2D eigenvalue weighted by atomic mass is 10.0. The molecule has 0 saturated carbocycles. The Balaban J connectivity index is 1.70. The van der Waals surface area contributed by atoms with E-state index < -0.39 is 17.8 Å². The molecule has 1 fully saturated rings. The van der Waals surface area contributed by atoms with Crippen LogP contribution in [0.15, 0.2) is 72.3 Å². The van der Waals surface area contributed by atoms with Crippen molar-refractivity contribution < 1.29 is 23.5 Å². The number of benzene rings is 3. The van der Waals surface area contributed by atoms with E-state index in [1.54, 1.807) is 48.5 Å². The Bertz CT molecular complexity index is 1290. The highest BCUT2D eigenvalue weighted by molar-refractivity contribution is 14.1. The quantitative estimate of drug-likeness (QED) is 0.281. The lowest BCUT2D eigenvalue weighted by Gasteiger charge is -2.26. The molecule has 0 radical (unpaired) electrons. The summed E-state index contributed by atoms with van der Waals surface area (Å²) in [6, 6.07) is 17.4. The first-order valence-electron chi connectivity index (χ1n) is 9.94. The molecular weight excluding hydrogens is 538 g/mol. The van der Waals surface area contributed by atoms with Crippen LogP contribution in [0.3, 0.4) is 0 Å². The zero-order chi connectivity index (χ0) is 23.5. The fourth-order valence-corrected chi connectivity index (χ4v) is 4.37. The molecule has 3 aromatic rings. The summed E-state index contributed by atoms with van der Waals surface area (Å²) in [4.78, 5) is 38.7. The maximum Gasteiger partial charge on any atom is 0.335 e. The predicted octanol–water partition coefficient (Wildman–Crippen LogP) is 4.70. The van der Waals surface area contributed by atoms with Crippen LogP contribution >= 0.6 is 22.6 Å². The molecule has 0 bridgehead atoms. The molecule has 1 N–H and O–H groups in total. The van der Waals surface area contributed by atoms with Crippen LogP contribution in [0.25, 0.3) is 6.08 Å². The molecule has 33 heavy (non-hydrogen) atoms. The number of nitrogens with one attached hydrogen (secondary N) is 1. The highest BCUT2D eigenvalue weighted by Crippen LogP contribution is 2.30. The van der Waals surface area contributed by atoms with Gasteiger partial charge >= 0.3 is 6.03 Å². The lowest BCUT2D eigenvalue weighted by Crippen LogP contribution is -2.54. The summed E-state index contributed by atoms with van der Waals surface area (Å²) in [5.41, 5.74) is 2.38. The molecule has 1 aliphatic rings. The Morgan fingerprint density at radius 2 is 1.79 bits per heavy atom. The molecule has 1 heterocycles. The Labute approximate surface area is 203 Å². The van der Waals surface area contributed by atoms with Gasteiger partial charge in [0.15, 0.2) is 0 Å². The molecule has 6 nitrogen and oxygen atoms in total. The maximum atomic E-state index is 13.6. The van der Waals surface area contributed by atoms with E-state index >= 15 is 0 Å². The molecule has 8 heteroatoms. The molecule has 1 saturated heterocycles. The van der Waals surface area contributed by atoms with Crippen molar-refractivity contribution in [3.8, 4) is 5.75 Å². The summed E-state index contributed by atoms with van der Waals surface area (Å²) in [6.07, 6.45) is 1.88. The fourth-order valence-electron chi connectivity index (χ4n) is 3.56. The van der Waals surface area contributed by atoms with Gasteiger partial charge in [0.2, 0.25) is 0 Å². The molecule has 3 aromatic carbocycles. The molecule has 0 spiro atoms. The van der Waals surface area contributed by atoms with E-state index in [2.05, 4.69) is 27.9 Å². The van der Waals surface area contributed by atoms with Crippen LogP contribution in [-0.2, 0) is 16.0 Å². The van der Waals surface area contributed by atoms with Crippen molar-refractivity contribution >= 4 is 52.2 Å². The van der Waals surface area contributed by atoms with Crippen LogP contribution < -0.4 is 15.0 Å². The third-order valence-electron chi connectivity index (χ3n) is 5.09. The Hall–Kier alpha value is -3.53. The van der Waals surface area contributed by atoms with Crippen LogP contribution in [0.1, 0.15) is 16.7 Å². The number of methoxy groups -OCH3 is 1. The van der Waals surface area contributed by atoms with Gasteiger partial charge in [-0.1, -0.05) is 30.3 Å². The molecule has 0 aliphatic carbocycles. The summed E-state index contributed by atoms with van der Waals surface area (Å²) >= 11 is 2.14. The second kappa shape index (κ2) is 9.53. The maximum absolute atomic E-state index is 13.6. The van der Waals surface area contributed by atoms with Gasteiger partial charge in [0, 0.05) is 15.6 Å². The largest absolute Gasteiger partial charge is 0.496 e. The van der Waals surface area contributed by atoms with Crippen molar-refractivity contribution in [1.29, 1.82) is 0 Å². The van der Waals surface area contributed by atoms with Crippen LogP contribution in [0.4, 0.5) is 14.9 Å². The van der Waals surface area contributed by atoms with E-state index in [9.17, 15) is 18.8 Å². The number of barbiturate groups is 1. The second-order valence-electron chi connectivity index (χ2n) is 7.28. The number of para-hydroxylation sites is 1. The lowest BCUT2D eigenvalue weighted by molar-refractivity contribution is -0.122. The van der Waals surface area contributed by atoms with Crippen molar-refractivity contribution in [2.45, 2.75) is 6.42 Å². The Morgan fingerprint density at radius 3 is 2.48 bits per heavy atom. The van der Waals surface area contributed by atoms with Crippen LogP contribution in [0.2, 0.25) is 0 Å². The number of anilines is 1. The summed E-state index contributed by atoms with van der Waals surface area (Å²) in [7, 11) is 1.52. The molecule has 1 aliphatic heterocycles. The monoisotopic (exact) mass is 556 g/mol. The van der Waals surface area contributed by atoms with Crippen LogP contribution in [0, 0.1) is 9.39 Å². The number of amides is 4. The van der Waals surface area contributed by atoms with Crippen molar-refractivity contribution in [2.24, 2.45) is 0 Å². The molecule has 0 unspecified atom stereocenters. The van der Waals surface area contributed by atoms with Gasteiger partial charge in [-0.25, -0.2) is 14.1 Å². The van der Waals surface area contributed by atoms with E-state index in [1.165, 1.54) is 25.3 Å². The molecular formula is C25H18FIN2O4. The highest BCUT2D eigenvalue weighted by atomic mass is 127. The minimum atomic E-state index is -0.800. The van der Waals surface area contributed by atoms with Gasteiger partial charge in [-0.3, -0.25) is 14.9 Å². The summed E-state index contributed by atoms with van der Waals surface area (Å²) in [6.45, 7) is 0. The van der Waals surface area contributed by atoms with E-state index in [1.807, 2.05) is 6.07 Å². The van der Waals surface area contributed by atoms with Crippen LogP contribution in [-0.4, -0.2) is 25.0 Å². The average molecular weight is 556 g/mol. The molecule has 4 rings (SSSR count). The van der Waals surface area contributed by atoms with Gasteiger partial charge in [-0.05, 0) is 76.2 Å². The summed E-state index contributed by atoms with van der Waals surface area (Å²) in [5, 5.41) is 2.21. The number of carbonyl (C=O) groups is 3. The molecule has 4 amide bonds. The first kappa shape index (κ1) is 22.7. The van der Waals surface area contributed by atoms with Gasteiger partial charge in [0.1, 0.15) is 17.1 Å². The Morgan fingerprint density at radius 1 is 1.03 bits per heavy atom. The van der Waals surface area contributed by atoms with Crippen molar-refractivity contribution in [3.63, 3.8) is 0 Å². The van der Waals surface area contributed by atoms with E-state index in [-0.39, 0.29) is 11.4 Å². The van der Waals surface area contributed by atoms with E-state index in [4.69, 9.17) is 4.74 Å².